The van der Waals surface area contributed by atoms with E-state index in [1.807, 2.05) is 56.3 Å². The van der Waals surface area contributed by atoms with Gasteiger partial charge in [0.05, 0.1) is 11.6 Å². The summed E-state index contributed by atoms with van der Waals surface area (Å²) in [6, 6.07) is 20.8. The maximum atomic E-state index is 13.6. The third kappa shape index (κ3) is 3.60. The maximum Gasteiger partial charge on any atom is 0.294 e. The van der Waals surface area contributed by atoms with Gasteiger partial charge in [-0.2, -0.15) is 0 Å². The average molecular weight is 458 g/mol. The molecular formula is C27H20ClNO4. The van der Waals surface area contributed by atoms with Crippen LogP contribution in [0.25, 0.3) is 11.0 Å². The Morgan fingerprint density at radius 3 is 2.42 bits per heavy atom. The van der Waals surface area contributed by atoms with Gasteiger partial charge >= 0.3 is 0 Å². The van der Waals surface area contributed by atoms with Gasteiger partial charge in [-0.3, -0.25) is 14.5 Å². The summed E-state index contributed by atoms with van der Waals surface area (Å²) in [4.78, 5) is 28.4. The first-order chi connectivity index (χ1) is 15.8. The largest absolute Gasteiger partial charge is 0.503 e. The van der Waals surface area contributed by atoms with E-state index in [9.17, 15) is 14.7 Å². The molecule has 3 aromatic carbocycles. The summed E-state index contributed by atoms with van der Waals surface area (Å²) in [5.41, 5.74) is 3.72. The number of Topliss-reactive ketones (excluding diaryl/α,β-unsaturated/α-hetero) is 1. The van der Waals surface area contributed by atoms with Crippen molar-refractivity contribution in [3.8, 4) is 0 Å². The predicted molar refractivity (Wildman–Crippen MR) is 128 cm³/mol. The lowest BCUT2D eigenvalue weighted by Crippen LogP contribution is -2.31. The van der Waals surface area contributed by atoms with Crippen LogP contribution in [0.1, 0.15) is 33.3 Å². The van der Waals surface area contributed by atoms with Crippen molar-refractivity contribution in [1.82, 2.24) is 0 Å². The Bertz CT molecular complexity index is 1470. The van der Waals surface area contributed by atoms with Gasteiger partial charge in [0.25, 0.3) is 5.91 Å². The molecule has 0 spiro atoms. The van der Waals surface area contributed by atoms with E-state index < -0.39 is 23.5 Å². The van der Waals surface area contributed by atoms with Crippen LogP contribution in [0.15, 0.2) is 88.5 Å². The molecule has 0 saturated heterocycles. The number of fused-ring (bicyclic) bond motifs is 1. The molecule has 6 heteroatoms. The van der Waals surface area contributed by atoms with E-state index in [1.165, 1.54) is 4.90 Å². The molecule has 5 nitrogen and oxygen atoms in total. The number of hydrogen-bond acceptors (Lipinski definition) is 4. The van der Waals surface area contributed by atoms with Crippen LogP contribution in [0, 0.1) is 13.8 Å². The summed E-state index contributed by atoms with van der Waals surface area (Å²) in [6.07, 6.45) is 0. The first-order valence-electron chi connectivity index (χ1n) is 10.5. The first kappa shape index (κ1) is 21.0. The van der Waals surface area contributed by atoms with Crippen LogP contribution in [0.4, 0.5) is 5.69 Å². The van der Waals surface area contributed by atoms with Crippen LogP contribution in [-0.2, 0) is 4.79 Å². The molecule has 4 aromatic rings. The summed E-state index contributed by atoms with van der Waals surface area (Å²) in [5, 5.41) is 12.1. The third-order valence-electron chi connectivity index (χ3n) is 5.79. The van der Waals surface area contributed by atoms with Gasteiger partial charge in [-0.25, -0.2) is 0 Å². The summed E-state index contributed by atoms with van der Waals surface area (Å²) in [5.74, 6) is -1.72. The number of aliphatic hydroxyl groups excluding tert-OH is 1. The molecule has 1 unspecified atom stereocenters. The van der Waals surface area contributed by atoms with Crippen molar-refractivity contribution in [2.24, 2.45) is 0 Å². The number of hydrogen-bond donors (Lipinski definition) is 1. The number of carbonyl (C=O) groups is 2. The van der Waals surface area contributed by atoms with Crippen molar-refractivity contribution in [2.75, 3.05) is 4.90 Å². The van der Waals surface area contributed by atoms with Crippen LogP contribution in [0.2, 0.25) is 5.02 Å². The summed E-state index contributed by atoms with van der Waals surface area (Å²) >= 11 is 6.07. The van der Waals surface area contributed by atoms with Crippen LogP contribution < -0.4 is 4.90 Å². The highest BCUT2D eigenvalue weighted by molar-refractivity contribution is 6.31. The molecule has 2 heterocycles. The van der Waals surface area contributed by atoms with E-state index in [4.69, 9.17) is 16.0 Å². The Labute approximate surface area is 195 Å². The number of anilines is 1. The van der Waals surface area contributed by atoms with Gasteiger partial charge in [0.1, 0.15) is 5.58 Å². The highest BCUT2D eigenvalue weighted by atomic mass is 35.5. The minimum atomic E-state index is -0.802. The fourth-order valence-electron chi connectivity index (χ4n) is 4.30. The highest BCUT2D eigenvalue weighted by Crippen LogP contribution is 2.42. The number of furan rings is 1. The van der Waals surface area contributed by atoms with Gasteiger partial charge in [0.15, 0.2) is 11.5 Å². The molecule has 0 radical (unpaired) electrons. The van der Waals surface area contributed by atoms with Crippen LogP contribution in [-0.4, -0.2) is 16.8 Å². The Balaban J connectivity index is 1.67. The Morgan fingerprint density at radius 1 is 0.970 bits per heavy atom. The standard InChI is InChI=1S/C27H20ClNO4/c1-15-5-3-7-17(11-15)24-23(25(30)22-14-18-13-19(28)9-10-21(18)33-22)26(31)27(32)29(24)20-8-4-6-16(2)12-20/h3-14,24,31H,1-2H3. The summed E-state index contributed by atoms with van der Waals surface area (Å²) in [7, 11) is 0. The Hall–Kier alpha value is -3.83. The second kappa shape index (κ2) is 7.94. The van der Waals surface area contributed by atoms with Crippen molar-refractivity contribution in [3.05, 3.63) is 112 Å². The molecule has 1 amide bonds. The van der Waals surface area contributed by atoms with Gasteiger partial charge in [-0.1, -0.05) is 53.6 Å². The zero-order chi connectivity index (χ0) is 23.3. The molecule has 0 fully saturated rings. The van der Waals surface area contributed by atoms with Crippen molar-refractivity contribution in [3.63, 3.8) is 0 Å². The molecule has 5 rings (SSSR count). The molecule has 0 bridgehead atoms. The molecule has 1 atom stereocenters. The zero-order valence-electron chi connectivity index (χ0n) is 18.0. The monoisotopic (exact) mass is 457 g/mol. The lowest BCUT2D eigenvalue weighted by atomic mass is 9.93. The average Bonchev–Trinajstić information content (AvgIpc) is 3.32. The minimum Gasteiger partial charge on any atom is -0.503 e. The second-order valence-corrected chi connectivity index (χ2v) is 8.65. The van der Waals surface area contributed by atoms with Crippen molar-refractivity contribution in [2.45, 2.75) is 19.9 Å². The van der Waals surface area contributed by atoms with Gasteiger partial charge < -0.3 is 9.52 Å². The molecule has 1 aromatic heterocycles. The normalized spacial score (nSPS) is 16.2. The van der Waals surface area contributed by atoms with E-state index in [1.54, 1.807) is 30.3 Å². The van der Waals surface area contributed by atoms with Crippen molar-refractivity contribution >= 4 is 39.9 Å². The predicted octanol–water partition coefficient (Wildman–Crippen LogP) is 6.49. The topological polar surface area (TPSA) is 70.7 Å². The second-order valence-electron chi connectivity index (χ2n) is 8.22. The van der Waals surface area contributed by atoms with Gasteiger partial charge in [0.2, 0.25) is 5.78 Å². The zero-order valence-corrected chi connectivity index (χ0v) is 18.8. The van der Waals surface area contributed by atoms with E-state index >= 15 is 0 Å². The van der Waals surface area contributed by atoms with Crippen molar-refractivity contribution < 1.29 is 19.1 Å². The molecule has 0 aliphatic carbocycles. The van der Waals surface area contributed by atoms with E-state index in [2.05, 4.69) is 0 Å². The lowest BCUT2D eigenvalue weighted by molar-refractivity contribution is -0.117. The number of aliphatic hydroxyl groups is 1. The van der Waals surface area contributed by atoms with E-state index in [-0.39, 0.29) is 11.3 Å². The van der Waals surface area contributed by atoms with Crippen molar-refractivity contribution in [1.29, 1.82) is 0 Å². The van der Waals surface area contributed by atoms with Gasteiger partial charge in [-0.15, -0.1) is 0 Å². The third-order valence-corrected chi connectivity index (χ3v) is 6.03. The number of carbonyl (C=O) groups excluding carboxylic acids is 2. The molecule has 1 aliphatic heterocycles. The molecule has 164 valence electrons. The maximum absolute atomic E-state index is 13.6. The number of ketones is 1. The van der Waals surface area contributed by atoms with E-state index in [0.29, 0.717) is 21.7 Å². The molecule has 1 N–H and O–H groups in total. The fraction of sp³-hybridized carbons (Fsp3) is 0.111. The molecule has 1 aliphatic rings. The number of aryl methyl sites for hydroxylation is 2. The summed E-state index contributed by atoms with van der Waals surface area (Å²) in [6.45, 7) is 3.86. The Morgan fingerprint density at radius 2 is 1.70 bits per heavy atom. The molecule has 0 saturated carbocycles. The number of amides is 1. The van der Waals surface area contributed by atoms with Gasteiger partial charge in [-0.05, 0) is 61.4 Å². The molecular weight excluding hydrogens is 438 g/mol. The first-order valence-corrected chi connectivity index (χ1v) is 10.8. The molecule has 33 heavy (non-hydrogen) atoms. The number of benzene rings is 3. The SMILES string of the molecule is Cc1cccc(C2C(C(=O)c3cc4cc(Cl)ccc4o3)=C(O)C(=O)N2c2cccc(C)c2)c1. The van der Waals surface area contributed by atoms with Gasteiger partial charge in [0, 0.05) is 16.1 Å². The minimum absolute atomic E-state index is 0.0164. The van der Waals surface area contributed by atoms with Crippen LogP contribution in [0.3, 0.4) is 0 Å². The number of halogens is 1. The quantitative estimate of drug-likeness (QED) is 0.356. The summed E-state index contributed by atoms with van der Waals surface area (Å²) < 4.78 is 5.77. The lowest BCUT2D eigenvalue weighted by Gasteiger charge is -2.27. The van der Waals surface area contributed by atoms with Crippen LogP contribution >= 0.6 is 11.6 Å². The fourth-order valence-corrected chi connectivity index (χ4v) is 4.48. The van der Waals surface area contributed by atoms with E-state index in [0.717, 1.165) is 16.7 Å². The Kier molecular flexibility index (Phi) is 5.06. The number of nitrogens with zero attached hydrogens (tertiary/aromatic N) is 1. The van der Waals surface area contributed by atoms with Crippen LogP contribution in [0.5, 0.6) is 0 Å². The smallest absolute Gasteiger partial charge is 0.294 e. The number of rotatable bonds is 4. The highest BCUT2D eigenvalue weighted by Gasteiger charge is 2.45.